The minimum Gasteiger partial charge on any atom is -0.321 e. The van der Waals surface area contributed by atoms with E-state index in [9.17, 15) is 14.4 Å². The molecule has 43 heavy (non-hydrogen) atoms. The van der Waals surface area contributed by atoms with Crippen LogP contribution in [-0.4, -0.2) is 23.4 Å². The third kappa shape index (κ3) is 7.97. The van der Waals surface area contributed by atoms with E-state index >= 15 is 0 Å². The lowest BCUT2D eigenvalue weighted by atomic mass is 10.0. The van der Waals surface area contributed by atoms with Crippen molar-refractivity contribution >= 4 is 41.1 Å². The number of carbonyl (C=O) groups excluding carboxylic acids is 3. The summed E-state index contributed by atoms with van der Waals surface area (Å²) in [5.74, 6) is -0.557. The lowest BCUT2D eigenvalue weighted by molar-refractivity contribution is -0.113. The summed E-state index contributed by atoms with van der Waals surface area (Å²) < 4.78 is 0. The number of anilines is 1. The first-order valence-corrected chi connectivity index (χ1v) is 14.8. The van der Waals surface area contributed by atoms with Gasteiger partial charge in [-0.25, -0.2) is 0 Å². The number of Topliss-reactive ketones (excluding diaryl/α,β-unsaturated/α-hetero) is 1. The molecule has 5 rings (SSSR count). The Morgan fingerprint density at radius 3 is 2.05 bits per heavy atom. The van der Waals surface area contributed by atoms with Gasteiger partial charge in [0.2, 0.25) is 0 Å². The second-order valence-corrected chi connectivity index (χ2v) is 10.9. The van der Waals surface area contributed by atoms with Gasteiger partial charge in [-0.05, 0) is 65.6 Å². The zero-order valence-corrected chi connectivity index (χ0v) is 24.4. The number of ketones is 1. The molecular formula is C37H30N2O3S. The van der Waals surface area contributed by atoms with Crippen LogP contribution in [0.4, 0.5) is 5.69 Å². The Labute approximate surface area is 255 Å². The van der Waals surface area contributed by atoms with E-state index in [0.29, 0.717) is 16.8 Å². The maximum atomic E-state index is 13.4. The minimum atomic E-state index is -0.454. The fourth-order valence-corrected chi connectivity index (χ4v) is 5.27. The molecule has 0 spiro atoms. The quantitative estimate of drug-likeness (QED) is 0.0993. The lowest BCUT2D eigenvalue weighted by Crippen LogP contribution is -2.30. The van der Waals surface area contributed by atoms with Crippen LogP contribution in [0.2, 0.25) is 0 Å². The van der Waals surface area contributed by atoms with E-state index in [1.54, 1.807) is 36.4 Å². The van der Waals surface area contributed by atoms with Gasteiger partial charge in [0, 0.05) is 21.7 Å². The van der Waals surface area contributed by atoms with E-state index in [-0.39, 0.29) is 23.1 Å². The molecule has 0 radical (unpaired) electrons. The summed E-state index contributed by atoms with van der Waals surface area (Å²) in [5.41, 5.74) is 5.73. The Balaban J connectivity index is 1.26. The summed E-state index contributed by atoms with van der Waals surface area (Å²) in [6.07, 6.45) is 1.67. The van der Waals surface area contributed by atoms with Gasteiger partial charge in [-0.1, -0.05) is 103 Å². The normalized spacial score (nSPS) is 11.0. The number of carbonyl (C=O) groups is 3. The van der Waals surface area contributed by atoms with E-state index in [1.807, 2.05) is 110 Å². The predicted octanol–water partition coefficient (Wildman–Crippen LogP) is 8.05. The molecule has 0 bridgehead atoms. The molecule has 2 amide bonds. The van der Waals surface area contributed by atoms with Crippen molar-refractivity contribution in [2.45, 2.75) is 11.8 Å². The van der Waals surface area contributed by atoms with Gasteiger partial charge < -0.3 is 10.6 Å². The van der Waals surface area contributed by atoms with Crippen LogP contribution in [0.15, 0.2) is 144 Å². The van der Waals surface area contributed by atoms with Crippen molar-refractivity contribution in [2.24, 2.45) is 0 Å². The Morgan fingerprint density at radius 2 is 1.33 bits per heavy atom. The highest BCUT2D eigenvalue weighted by Gasteiger charge is 2.16. The second kappa shape index (κ2) is 14.1. The van der Waals surface area contributed by atoms with E-state index in [0.717, 1.165) is 27.1 Å². The molecule has 212 valence electrons. The molecule has 0 unspecified atom stereocenters. The van der Waals surface area contributed by atoms with Crippen molar-refractivity contribution in [3.8, 4) is 11.1 Å². The van der Waals surface area contributed by atoms with Crippen molar-refractivity contribution in [3.05, 3.63) is 161 Å². The molecule has 0 aromatic heterocycles. The smallest absolute Gasteiger partial charge is 0.272 e. The largest absolute Gasteiger partial charge is 0.321 e. The topological polar surface area (TPSA) is 75.3 Å². The van der Waals surface area contributed by atoms with Crippen LogP contribution >= 0.6 is 11.8 Å². The fourth-order valence-electron chi connectivity index (χ4n) is 4.42. The van der Waals surface area contributed by atoms with Crippen molar-refractivity contribution in [1.29, 1.82) is 0 Å². The summed E-state index contributed by atoms with van der Waals surface area (Å²) >= 11 is 1.40. The van der Waals surface area contributed by atoms with Gasteiger partial charge >= 0.3 is 0 Å². The number of thioether (sulfide) groups is 1. The second-order valence-electron chi connectivity index (χ2n) is 9.87. The molecule has 6 heteroatoms. The van der Waals surface area contributed by atoms with Crippen LogP contribution < -0.4 is 10.6 Å². The van der Waals surface area contributed by atoms with E-state index in [4.69, 9.17) is 0 Å². The Morgan fingerprint density at radius 1 is 0.674 bits per heavy atom. The van der Waals surface area contributed by atoms with Gasteiger partial charge in [-0.15, -0.1) is 11.8 Å². The highest BCUT2D eigenvalue weighted by atomic mass is 32.2. The number of nitrogens with one attached hydrogen (secondary N) is 2. The first-order valence-electron chi connectivity index (χ1n) is 13.8. The number of rotatable bonds is 10. The number of benzene rings is 5. The molecule has 0 atom stereocenters. The molecule has 0 aliphatic rings. The standard InChI is InChI=1S/C37H30N2O3S/c1-26-11-8-9-16-31(26)23-34(39-36(41)30-14-6-3-7-15-30)37(42)38-32-17-10-18-33(24-32)43-25-35(40)29-21-19-28(20-22-29)27-12-4-2-5-13-27/h2-24H,25H2,1H3,(H,38,42)(H,39,41)/b34-23-. The van der Waals surface area contributed by atoms with Gasteiger partial charge in [0.1, 0.15) is 5.70 Å². The van der Waals surface area contributed by atoms with Crippen LogP contribution in [0.5, 0.6) is 0 Å². The van der Waals surface area contributed by atoms with Gasteiger partial charge in [0.05, 0.1) is 5.75 Å². The molecule has 0 saturated carbocycles. The molecule has 5 nitrogen and oxygen atoms in total. The number of hydrogen-bond acceptors (Lipinski definition) is 4. The molecule has 0 heterocycles. The average molecular weight is 583 g/mol. The lowest BCUT2D eigenvalue weighted by Gasteiger charge is -2.13. The first kappa shape index (κ1) is 29.3. The minimum absolute atomic E-state index is 0.0196. The van der Waals surface area contributed by atoms with Crippen LogP contribution in [0.25, 0.3) is 17.2 Å². The Hall–Kier alpha value is -5.20. The van der Waals surface area contributed by atoms with Gasteiger partial charge in [0.25, 0.3) is 11.8 Å². The van der Waals surface area contributed by atoms with Crippen molar-refractivity contribution in [2.75, 3.05) is 11.1 Å². The van der Waals surface area contributed by atoms with E-state index in [1.165, 1.54) is 11.8 Å². The third-order valence-electron chi connectivity index (χ3n) is 6.79. The summed E-state index contributed by atoms with van der Waals surface area (Å²) in [6, 6.07) is 41.4. The Bertz CT molecular complexity index is 1770. The summed E-state index contributed by atoms with van der Waals surface area (Å²) in [4.78, 5) is 40.1. The summed E-state index contributed by atoms with van der Waals surface area (Å²) in [5, 5.41) is 5.68. The zero-order chi connectivity index (χ0) is 30.0. The third-order valence-corrected chi connectivity index (χ3v) is 7.79. The van der Waals surface area contributed by atoms with Crippen LogP contribution in [0, 0.1) is 6.92 Å². The highest BCUT2D eigenvalue weighted by Crippen LogP contribution is 2.25. The monoisotopic (exact) mass is 582 g/mol. The Kier molecular flexibility index (Phi) is 9.62. The molecule has 0 saturated heterocycles. The van der Waals surface area contributed by atoms with Gasteiger partial charge in [-0.3, -0.25) is 14.4 Å². The molecule has 5 aromatic rings. The van der Waals surface area contributed by atoms with E-state index in [2.05, 4.69) is 10.6 Å². The molecule has 5 aromatic carbocycles. The van der Waals surface area contributed by atoms with Crippen LogP contribution in [-0.2, 0) is 4.79 Å². The van der Waals surface area contributed by atoms with Gasteiger partial charge in [0.15, 0.2) is 5.78 Å². The first-order chi connectivity index (χ1) is 21.0. The number of aryl methyl sites for hydroxylation is 1. The summed E-state index contributed by atoms with van der Waals surface area (Å²) in [7, 11) is 0. The average Bonchev–Trinajstić information content (AvgIpc) is 3.05. The zero-order valence-electron chi connectivity index (χ0n) is 23.6. The summed E-state index contributed by atoms with van der Waals surface area (Å²) in [6.45, 7) is 1.94. The molecule has 0 aliphatic carbocycles. The van der Waals surface area contributed by atoms with Crippen LogP contribution in [0.1, 0.15) is 31.8 Å². The molecule has 0 aliphatic heterocycles. The number of hydrogen-bond donors (Lipinski definition) is 2. The van der Waals surface area contributed by atoms with Crippen molar-refractivity contribution in [1.82, 2.24) is 5.32 Å². The van der Waals surface area contributed by atoms with Gasteiger partial charge in [-0.2, -0.15) is 0 Å². The van der Waals surface area contributed by atoms with Crippen molar-refractivity contribution < 1.29 is 14.4 Å². The molecule has 2 N–H and O–H groups in total. The SMILES string of the molecule is Cc1ccccc1/C=C(\NC(=O)c1ccccc1)C(=O)Nc1cccc(SCC(=O)c2ccc(-c3ccccc3)cc2)c1. The maximum absolute atomic E-state index is 13.4. The molecule has 0 fully saturated rings. The van der Waals surface area contributed by atoms with Crippen molar-refractivity contribution in [3.63, 3.8) is 0 Å². The van der Waals surface area contributed by atoms with E-state index < -0.39 is 5.91 Å². The fraction of sp³-hybridized carbons (Fsp3) is 0.0541. The molecular weight excluding hydrogens is 552 g/mol. The predicted molar refractivity (Wildman–Crippen MR) is 175 cm³/mol. The van der Waals surface area contributed by atoms with Crippen LogP contribution in [0.3, 0.4) is 0 Å². The highest BCUT2D eigenvalue weighted by molar-refractivity contribution is 8.00. The maximum Gasteiger partial charge on any atom is 0.272 e. The number of amides is 2.